The molecule has 11 aromatic rings. The Kier molecular flexibility index (Phi) is 5.86. The van der Waals surface area contributed by atoms with Gasteiger partial charge in [0.2, 0.25) is 0 Å². The van der Waals surface area contributed by atoms with E-state index in [2.05, 4.69) is 48.5 Å². The molecule has 0 aliphatic rings. The van der Waals surface area contributed by atoms with Crippen LogP contribution in [0.5, 0.6) is 0 Å². The molecule has 7 aromatic carbocycles. The highest BCUT2D eigenvalue weighted by atomic mass is 16.3. The van der Waals surface area contributed by atoms with Crippen LogP contribution in [-0.2, 0) is 0 Å². The van der Waals surface area contributed by atoms with Gasteiger partial charge in [-0.2, -0.15) is 0 Å². The van der Waals surface area contributed by atoms with E-state index in [1.165, 1.54) is 0 Å². The van der Waals surface area contributed by atoms with Gasteiger partial charge in [0.15, 0.2) is 17.5 Å². The normalized spacial score (nSPS) is 11.9. The van der Waals surface area contributed by atoms with Crippen molar-refractivity contribution >= 4 is 65.8 Å². The van der Waals surface area contributed by atoms with E-state index in [1.807, 2.05) is 103 Å². The molecule has 238 valence electrons. The van der Waals surface area contributed by atoms with Crippen molar-refractivity contribution in [2.45, 2.75) is 0 Å². The lowest BCUT2D eigenvalue weighted by atomic mass is 9.98. The van der Waals surface area contributed by atoms with Gasteiger partial charge in [-0.25, -0.2) is 15.0 Å². The number of rotatable bonds is 4. The summed E-state index contributed by atoms with van der Waals surface area (Å²) in [5.74, 6) is 1.73. The first-order valence-electron chi connectivity index (χ1n) is 16.8. The third-order valence-corrected chi connectivity index (χ3v) is 9.76. The molecule has 0 fully saturated rings. The van der Waals surface area contributed by atoms with E-state index < -0.39 is 0 Å². The van der Waals surface area contributed by atoms with Gasteiger partial charge in [-0.3, -0.25) is 0 Å². The molecule has 0 aliphatic heterocycles. The van der Waals surface area contributed by atoms with Crippen LogP contribution in [0, 0.1) is 0 Å². The Morgan fingerprint density at radius 2 is 0.784 bits per heavy atom. The molecule has 0 saturated carbocycles. The summed E-state index contributed by atoms with van der Waals surface area (Å²) >= 11 is 0. The fourth-order valence-electron chi connectivity index (χ4n) is 7.40. The molecular formula is C45H25N3O3. The van der Waals surface area contributed by atoms with E-state index >= 15 is 0 Å². The smallest absolute Gasteiger partial charge is 0.164 e. The number of fused-ring (bicyclic) bond motifs is 9. The van der Waals surface area contributed by atoms with E-state index in [1.54, 1.807) is 0 Å². The van der Waals surface area contributed by atoms with E-state index in [0.717, 1.165) is 93.6 Å². The maximum atomic E-state index is 6.58. The van der Waals surface area contributed by atoms with Crippen molar-refractivity contribution in [1.82, 2.24) is 15.0 Å². The van der Waals surface area contributed by atoms with Crippen LogP contribution in [0.2, 0.25) is 0 Å². The van der Waals surface area contributed by atoms with Gasteiger partial charge < -0.3 is 13.3 Å². The molecule has 0 N–H and O–H groups in total. The summed E-state index contributed by atoms with van der Waals surface area (Å²) in [5.41, 5.74) is 9.73. The Morgan fingerprint density at radius 1 is 0.294 bits per heavy atom. The van der Waals surface area contributed by atoms with Crippen LogP contribution >= 0.6 is 0 Å². The molecule has 0 amide bonds. The topological polar surface area (TPSA) is 78.1 Å². The summed E-state index contributed by atoms with van der Waals surface area (Å²) in [6.45, 7) is 0. The van der Waals surface area contributed by atoms with Crippen molar-refractivity contribution in [3.63, 3.8) is 0 Å². The van der Waals surface area contributed by atoms with Gasteiger partial charge in [-0.05, 0) is 59.7 Å². The van der Waals surface area contributed by atoms with E-state index in [4.69, 9.17) is 28.2 Å². The summed E-state index contributed by atoms with van der Waals surface area (Å²) in [6.07, 6.45) is 0. The maximum Gasteiger partial charge on any atom is 0.164 e. The van der Waals surface area contributed by atoms with Gasteiger partial charge in [0.05, 0.1) is 0 Å². The van der Waals surface area contributed by atoms with E-state index in [9.17, 15) is 0 Å². The van der Waals surface area contributed by atoms with Crippen LogP contribution in [0.4, 0.5) is 0 Å². The van der Waals surface area contributed by atoms with Gasteiger partial charge in [-0.1, -0.05) is 103 Å². The molecule has 4 heterocycles. The minimum Gasteiger partial charge on any atom is -0.456 e. The van der Waals surface area contributed by atoms with Gasteiger partial charge in [0.1, 0.15) is 33.5 Å². The second-order valence-corrected chi connectivity index (χ2v) is 12.8. The molecule has 0 saturated heterocycles. The zero-order valence-electron chi connectivity index (χ0n) is 27.0. The van der Waals surface area contributed by atoms with Crippen LogP contribution in [0.15, 0.2) is 165 Å². The third kappa shape index (κ3) is 4.33. The van der Waals surface area contributed by atoms with Crippen LogP contribution < -0.4 is 0 Å². The van der Waals surface area contributed by atoms with Crippen molar-refractivity contribution < 1.29 is 13.3 Å². The Balaban J connectivity index is 1.07. The summed E-state index contributed by atoms with van der Waals surface area (Å²) in [6, 6.07) is 51.1. The first-order valence-corrected chi connectivity index (χ1v) is 16.8. The molecule has 0 aliphatic carbocycles. The lowest BCUT2D eigenvalue weighted by molar-refractivity contribution is 0.668. The zero-order valence-corrected chi connectivity index (χ0v) is 27.0. The third-order valence-electron chi connectivity index (χ3n) is 9.76. The first kappa shape index (κ1) is 27.9. The van der Waals surface area contributed by atoms with Crippen LogP contribution in [0.3, 0.4) is 0 Å². The van der Waals surface area contributed by atoms with Crippen molar-refractivity contribution in [3.8, 4) is 45.3 Å². The van der Waals surface area contributed by atoms with E-state index in [-0.39, 0.29) is 0 Å². The monoisotopic (exact) mass is 655 g/mol. The van der Waals surface area contributed by atoms with Crippen LogP contribution in [0.1, 0.15) is 0 Å². The summed E-state index contributed by atoms with van der Waals surface area (Å²) in [4.78, 5) is 15.1. The van der Waals surface area contributed by atoms with Crippen LogP contribution in [-0.4, -0.2) is 15.0 Å². The number of hydrogen-bond acceptors (Lipinski definition) is 6. The van der Waals surface area contributed by atoms with Crippen molar-refractivity contribution in [1.29, 1.82) is 0 Å². The largest absolute Gasteiger partial charge is 0.456 e. The highest BCUT2D eigenvalue weighted by Gasteiger charge is 2.19. The fraction of sp³-hybridized carbons (Fsp3) is 0. The van der Waals surface area contributed by atoms with Gasteiger partial charge in [0, 0.05) is 49.0 Å². The summed E-state index contributed by atoms with van der Waals surface area (Å²) < 4.78 is 19.0. The summed E-state index contributed by atoms with van der Waals surface area (Å²) in [7, 11) is 0. The predicted octanol–water partition coefficient (Wildman–Crippen LogP) is 12.2. The maximum absolute atomic E-state index is 6.58. The average Bonchev–Trinajstić information content (AvgIpc) is 3.88. The van der Waals surface area contributed by atoms with Crippen molar-refractivity contribution in [3.05, 3.63) is 152 Å². The lowest BCUT2D eigenvalue weighted by Crippen LogP contribution is -2.00. The molecule has 6 nitrogen and oxygen atoms in total. The van der Waals surface area contributed by atoms with Crippen molar-refractivity contribution in [2.75, 3.05) is 0 Å². The average molecular weight is 656 g/mol. The first-order chi connectivity index (χ1) is 25.2. The molecular weight excluding hydrogens is 631 g/mol. The molecule has 4 aromatic heterocycles. The Hall–Kier alpha value is -7.05. The summed E-state index contributed by atoms with van der Waals surface area (Å²) in [5, 5.41) is 6.27. The predicted molar refractivity (Wildman–Crippen MR) is 203 cm³/mol. The standard InChI is InChI=1S/C45H25N3O3/c1-2-10-26(11-3-1)43-46-44(48-45(47-43)34-15-9-19-38-42(34)33-13-5-7-17-36(33)50-38)28-21-23-31-30-22-20-27(24-39(30)51-40(31)25-28)29-14-8-18-37-41(29)32-12-4-6-16-35(32)49-37/h1-25H. The zero-order chi connectivity index (χ0) is 33.5. The lowest BCUT2D eigenvalue weighted by Gasteiger charge is -2.09. The van der Waals surface area contributed by atoms with Crippen molar-refractivity contribution in [2.24, 2.45) is 0 Å². The second-order valence-electron chi connectivity index (χ2n) is 12.8. The van der Waals surface area contributed by atoms with Crippen LogP contribution in [0.25, 0.3) is 111 Å². The molecule has 0 radical (unpaired) electrons. The fourth-order valence-corrected chi connectivity index (χ4v) is 7.40. The molecule has 51 heavy (non-hydrogen) atoms. The number of para-hydroxylation sites is 2. The number of furan rings is 3. The molecule has 0 unspecified atom stereocenters. The number of hydrogen-bond donors (Lipinski definition) is 0. The van der Waals surface area contributed by atoms with Gasteiger partial charge >= 0.3 is 0 Å². The van der Waals surface area contributed by atoms with E-state index in [0.29, 0.717) is 17.5 Å². The minimum absolute atomic E-state index is 0.560. The quantitative estimate of drug-likeness (QED) is 0.188. The Labute approximate surface area is 290 Å². The SMILES string of the molecule is c1ccc(-c2nc(-c3ccc4c(c3)oc3cc(-c5cccc6oc7ccccc7c56)ccc34)nc(-c3cccc4oc5ccccc5c34)n2)cc1. The highest BCUT2D eigenvalue weighted by molar-refractivity contribution is 6.14. The minimum atomic E-state index is 0.560. The molecule has 6 heteroatoms. The number of aromatic nitrogens is 3. The highest BCUT2D eigenvalue weighted by Crippen LogP contribution is 2.40. The number of benzene rings is 7. The molecule has 0 spiro atoms. The molecule has 11 rings (SSSR count). The number of nitrogens with zero attached hydrogens (tertiary/aromatic N) is 3. The van der Waals surface area contributed by atoms with Gasteiger partial charge in [-0.15, -0.1) is 0 Å². The van der Waals surface area contributed by atoms with Gasteiger partial charge in [0.25, 0.3) is 0 Å². The molecule has 0 atom stereocenters. The molecule has 0 bridgehead atoms. The Bertz CT molecular complexity index is 3150. The Morgan fingerprint density at radius 3 is 1.47 bits per heavy atom. The second kappa shape index (κ2) is 10.7.